The molecule has 2 rings (SSSR count). The van der Waals surface area contributed by atoms with Gasteiger partial charge in [0.1, 0.15) is 11.5 Å². The van der Waals surface area contributed by atoms with Crippen LogP contribution in [0, 0.1) is 6.92 Å². The van der Waals surface area contributed by atoms with Crippen LogP contribution in [0.5, 0.6) is 11.5 Å². The van der Waals surface area contributed by atoms with Crippen molar-refractivity contribution in [2.75, 3.05) is 20.0 Å². The summed E-state index contributed by atoms with van der Waals surface area (Å²) in [6.45, 7) is 1.94. The Hall–Kier alpha value is -2.17. The Morgan fingerprint density at radius 3 is 2.47 bits per heavy atom. The van der Waals surface area contributed by atoms with Crippen LogP contribution in [-0.2, 0) is 0 Å². The zero-order valence-corrected chi connectivity index (χ0v) is 9.98. The van der Waals surface area contributed by atoms with Gasteiger partial charge < -0.3 is 19.7 Å². The molecule has 0 radical (unpaired) electrons. The minimum Gasteiger partial charge on any atom is -0.497 e. The predicted molar refractivity (Wildman–Crippen MR) is 64.2 cm³/mol. The van der Waals surface area contributed by atoms with Crippen LogP contribution < -0.4 is 15.2 Å². The lowest BCUT2D eigenvalue weighted by Gasteiger charge is -2.10. The van der Waals surface area contributed by atoms with Crippen molar-refractivity contribution >= 4 is 5.82 Å². The summed E-state index contributed by atoms with van der Waals surface area (Å²) < 4.78 is 15.6. The Bertz CT molecular complexity index is 535. The molecule has 1 aromatic carbocycles. The summed E-state index contributed by atoms with van der Waals surface area (Å²) in [6.07, 6.45) is 0. The number of nitrogen functional groups attached to an aromatic ring is 1. The van der Waals surface area contributed by atoms with E-state index in [1.807, 2.05) is 19.1 Å². The highest BCUT2D eigenvalue weighted by molar-refractivity contribution is 5.69. The third-order valence-electron chi connectivity index (χ3n) is 2.58. The first-order valence-electron chi connectivity index (χ1n) is 5.11. The Labute approximate surface area is 99.1 Å². The van der Waals surface area contributed by atoms with Crippen LogP contribution in [0.4, 0.5) is 5.82 Å². The summed E-state index contributed by atoms with van der Waals surface area (Å²) in [5, 5.41) is 3.67. The van der Waals surface area contributed by atoms with Crippen molar-refractivity contribution in [3.63, 3.8) is 0 Å². The van der Waals surface area contributed by atoms with Gasteiger partial charge in [-0.2, -0.15) is 0 Å². The summed E-state index contributed by atoms with van der Waals surface area (Å²) >= 11 is 0. The zero-order valence-electron chi connectivity index (χ0n) is 9.98. The van der Waals surface area contributed by atoms with Gasteiger partial charge in [0, 0.05) is 23.3 Å². The monoisotopic (exact) mass is 234 g/mol. The van der Waals surface area contributed by atoms with Crippen LogP contribution in [0.3, 0.4) is 0 Å². The molecule has 0 aliphatic carbocycles. The molecule has 90 valence electrons. The maximum Gasteiger partial charge on any atom is 0.169 e. The number of hydrogen-bond acceptors (Lipinski definition) is 5. The van der Waals surface area contributed by atoms with Crippen molar-refractivity contribution < 1.29 is 14.0 Å². The van der Waals surface area contributed by atoms with Crippen molar-refractivity contribution in [2.24, 2.45) is 0 Å². The number of aromatic nitrogens is 1. The van der Waals surface area contributed by atoms with Gasteiger partial charge in [-0.1, -0.05) is 5.16 Å². The molecule has 0 saturated carbocycles. The molecule has 2 N–H and O–H groups in total. The van der Waals surface area contributed by atoms with E-state index in [1.54, 1.807) is 20.3 Å². The SMILES string of the molecule is COc1cc(OC)c(C)c(-c2cc(N)no2)c1. The van der Waals surface area contributed by atoms with E-state index in [1.165, 1.54) is 0 Å². The first-order chi connectivity index (χ1) is 8.15. The lowest BCUT2D eigenvalue weighted by molar-refractivity contribution is 0.391. The van der Waals surface area contributed by atoms with Gasteiger partial charge in [0.05, 0.1) is 14.2 Å². The maximum absolute atomic E-state index is 5.54. The topological polar surface area (TPSA) is 70.5 Å². The van der Waals surface area contributed by atoms with Crippen molar-refractivity contribution in [1.29, 1.82) is 0 Å². The van der Waals surface area contributed by atoms with Crippen molar-refractivity contribution in [1.82, 2.24) is 5.16 Å². The van der Waals surface area contributed by atoms with Gasteiger partial charge >= 0.3 is 0 Å². The number of hydrogen-bond donors (Lipinski definition) is 1. The molecule has 0 spiro atoms. The van der Waals surface area contributed by atoms with E-state index >= 15 is 0 Å². The smallest absolute Gasteiger partial charge is 0.169 e. The van der Waals surface area contributed by atoms with Crippen LogP contribution in [-0.4, -0.2) is 19.4 Å². The number of benzene rings is 1. The zero-order chi connectivity index (χ0) is 12.4. The normalized spacial score (nSPS) is 10.3. The Kier molecular flexibility index (Phi) is 2.91. The summed E-state index contributed by atoms with van der Waals surface area (Å²) in [5.74, 6) is 2.37. The van der Waals surface area contributed by atoms with Crippen molar-refractivity contribution in [3.8, 4) is 22.8 Å². The van der Waals surface area contributed by atoms with E-state index < -0.39 is 0 Å². The largest absolute Gasteiger partial charge is 0.497 e. The molecular weight excluding hydrogens is 220 g/mol. The molecule has 0 fully saturated rings. The molecular formula is C12H14N2O3. The fraction of sp³-hybridized carbons (Fsp3) is 0.250. The van der Waals surface area contributed by atoms with E-state index in [4.69, 9.17) is 19.7 Å². The lowest BCUT2D eigenvalue weighted by Crippen LogP contribution is -1.92. The number of anilines is 1. The highest BCUT2D eigenvalue weighted by Gasteiger charge is 2.13. The molecule has 2 aromatic rings. The Balaban J connectivity index is 2.59. The van der Waals surface area contributed by atoms with E-state index in [9.17, 15) is 0 Å². The third-order valence-corrected chi connectivity index (χ3v) is 2.58. The first kappa shape index (κ1) is 11.3. The first-order valence-corrected chi connectivity index (χ1v) is 5.11. The van der Waals surface area contributed by atoms with Gasteiger partial charge in [-0.3, -0.25) is 0 Å². The summed E-state index contributed by atoms with van der Waals surface area (Å²) in [4.78, 5) is 0. The van der Waals surface area contributed by atoms with E-state index in [-0.39, 0.29) is 0 Å². The quantitative estimate of drug-likeness (QED) is 0.881. The molecule has 1 aromatic heterocycles. The molecule has 0 aliphatic heterocycles. The minimum absolute atomic E-state index is 0.348. The van der Waals surface area contributed by atoms with Gasteiger partial charge in [-0.15, -0.1) is 0 Å². The summed E-state index contributed by atoms with van der Waals surface area (Å²) in [6, 6.07) is 5.34. The average molecular weight is 234 g/mol. The number of rotatable bonds is 3. The highest BCUT2D eigenvalue weighted by atomic mass is 16.5. The van der Waals surface area contributed by atoms with Crippen LogP contribution in [0.15, 0.2) is 22.7 Å². The van der Waals surface area contributed by atoms with Gasteiger partial charge in [0.15, 0.2) is 11.6 Å². The molecule has 1 heterocycles. The van der Waals surface area contributed by atoms with Gasteiger partial charge in [0.25, 0.3) is 0 Å². The molecule has 0 saturated heterocycles. The van der Waals surface area contributed by atoms with Crippen LogP contribution in [0.1, 0.15) is 5.56 Å². The molecule has 5 nitrogen and oxygen atoms in total. The summed E-state index contributed by atoms with van der Waals surface area (Å²) in [7, 11) is 3.21. The number of nitrogens with two attached hydrogens (primary N) is 1. The Morgan fingerprint density at radius 1 is 1.18 bits per heavy atom. The van der Waals surface area contributed by atoms with Crippen molar-refractivity contribution in [2.45, 2.75) is 6.92 Å². The highest BCUT2D eigenvalue weighted by Crippen LogP contribution is 2.35. The van der Waals surface area contributed by atoms with Gasteiger partial charge in [0.2, 0.25) is 0 Å². The second-order valence-corrected chi connectivity index (χ2v) is 3.62. The molecule has 0 unspecified atom stereocenters. The van der Waals surface area contributed by atoms with Crippen LogP contribution in [0.25, 0.3) is 11.3 Å². The Morgan fingerprint density at radius 2 is 1.94 bits per heavy atom. The molecule has 0 amide bonds. The maximum atomic E-state index is 5.54. The molecule has 5 heteroatoms. The average Bonchev–Trinajstić information content (AvgIpc) is 2.76. The summed E-state index contributed by atoms with van der Waals surface area (Å²) in [5.41, 5.74) is 7.34. The number of methoxy groups -OCH3 is 2. The molecule has 0 atom stereocenters. The third kappa shape index (κ3) is 2.04. The minimum atomic E-state index is 0.348. The lowest BCUT2D eigenvalue weighted by atomic mass is 10.0. The predicted octanol–water partition coefficient (Wildman–Crippen LogP) is 2.25. The van der Waals surface area contributed by atoms with Gasteiger partial charge in [-0.05, 0) is 13.0 Å². The van der Waals surface area contributed by atoms with E-state index in [2.05, 4.69) is 5.16 Å². The van der Waals surface area contributed by atoms with Crippen molar-refractivity contribution in [3.05, 3.63) is 23.8 Å². The second kappa shape index (κ2) is 4.37. The molecule has 0 bridgehead atoms. The fourth-order valence-electron chi connectivity index (χ4n) is 1.66. The number of ether oxygens (including phenoxy) is 2. The standard InChI is InChI=1S/C12H14N2O3/c1-7-9(11-6-12(13)14-17-11)4-8(15-2)5-10(7)16-3/h4-6H,1-3H3,(H2,13,14). The number of nitrogens with zero attached hydrogens (tertiary/aromatic N) is 1. The fourth-order valence-corrected chi connectivity index (χ4v) is 1.66. The van der Waals surface area contributed by atoms with Crippen LogP contribution >= 0.6 is 0 Å². The van der Waals surface area contributed by atoms with Gasteiger partial charge in [-0.25, -0.2) is 0 Å². The molecule has 17 heavy (non-hydrogen) atoms. The van der Waals surface area contributed by atoms with E-state index in [0.29, 0.717) is 17.3 Å². The molecule has 0 aliphatic rings. The van der Waals surface area contributed by atoms with E-state index in [0.717, 1.165) is 16.9 Å². The van der Waals surface area contributed by atoms with Crippen LogP contribution in [0.2, 0.25) is 0 Å². The second-order valence-electron chi connectivity index (χ2n) is 3.62.